The number of hydrazine groups is 1. The smallest absolute Gasteiger partial charge is 0.328 e. The number of amides is 1. The molecule has 6 nitrogen and oxygen atoms in total. The van der Waals surface area contributed by atoms with Gasteiger partial charge in [-0.05, 0) is 23.8 Å². The van der Waals surface area contributed by atoms with Gasteiger partial charge in [0.2, 0.25) is 0 Å². The molecule has 0 unspecified atom stereocenters. The first-order valence-electron chi connectivity index (χ1n) is 6.30. The topological polar surface area (TPSA) is 78.9 Å². The summed E-state index contributed by atoms with van der Waals surface area (Å²) in [5, 5.41) is 10.4. The van der Waals surface area contributed by atoms with Crippen molar-refractivity contribution in [2.24, 2.45) is 0 Å². The van der Waals surface area contributed by atoms with Gasteiger partial charge in [0, 0.05) is 24.7 Å². The van der Waals surface area contributed by atoms with Crippen molar-refractivity contribution in [3.8, 4) is 0 Å². The van der Waals surface area contributed by atoms with Crippen LogP contribution in [-0.2, 0) is 9.53 Å². The Bertz CT molecular complexity index is 522. The van der Waals surface area contributed by atoms with Crippen molar-refractivity contribution in [1.29, 1.82) is 0 Å². The number of nitrogens with zero attached hydrogens (tertiary/aromatic N) is 1. The lowest BCUT2D eigenvalue weighted by Gasteiger charge is -2.26. The van der Waals surface area contributed by atoms with Crippen molar-refractivity contribution in [1.82, 2.24) is 10.4 Å². The lowest BCUT2D eigenvalue weighted by molar-refractivity contribution is -0.131. The summed E-state index contributed by atoms with van der Waals surface area (Å²) in [6.45, 7) is 2.51. The molecule has 1 saturated heterocycles. The highest BCUT2D eigenvalue weighted by molar-refractivity contribution is 5.94. The fourth-order valence-electron chi connectivity index (χ4n) is 1.83. The predicted octanol–water partition coefficient (Wildman–Crippen LogP) is 0.761. The van der Waals surface area contributed by atoms with Crippen LogP contribution in [0.3, 0.4) is 0 Å². The van der Waals surface area contributed by atoms with Crippen LogP contribution in [0.2, 0.25) is 0 Å². The standard InChI is InChI=1S/C14H16N2O4/c17-13(18)5-4-11-2-1-3-12(10-11)14(19)15-16-6-8-20-9-7-16/h1-5,10H,6-9H2,(H,15,19)(H,17,18)/b5-4+. The highest BCUT2D eigenvalue weighted by atomic mass is 16.5. The van der Waals surface area contributed by atoms with Gasteiger partial charge in [-0.2, -0.15) is 0 Å². The van der Waals surface area contributed by atoms with E-state index in [4.69, 9.17) is 9.84 Å². The number of carbonyl (C=O) groups is 2. The third kappa shape index (κ3) is 4.18. The molecule has 0 aliphatic carbocycles. The number of rotatable bonds is 4. The monoisotopic (exact) mass is 276 g/mol. The predicted molar refractivity (Wildman–Crippen MR) is 73.0 cm³/mol. The molecule has 0 aromatic heterocycles. The maximum absolute atomic E-state index is 12.1. The van der Waals surface area contributed by atoms with E-state index in [0.717, 1.165) is 6.08 Å². The van der Waals surface area contributed by atoms with Crippen LogP contribution in [0.15, 0.2) is 30.3 Å². The zero-order valence-electron chi connectivity index (χ0n) is 10.9. The minimum atomic E-state index is -1.02. The summed E-state index contributed by atoms with van der Waals surface area (Å²) in [6, 6.07) is 6.80. The number of hydrogen-bond donors (Lipinski definition) is 2. The van der Waals surface area contributed by atoms with Gasteiger partial charge in [-0.3, -0.25) is 10.2 Å². The molecule has 20 heavy (non-hydrogen) atoms. The van der Waals surface area contributed by atoms with Crippen molar-refractivity contribution < 1.29 is 19.4 Å². The van der Waals surface area contributed by atoms with Gasteiger partial charge in [-0.1, -0.05) is 12.1 Å². The van der Waals surface area contributed by atoms with Crippen molar-refractivity contribution >= 4 is 18.0 Å². The summed E-state index contributed by atoms with van der Waals surface area (Å²) in [5.41, 5.74) is 3.96. The summed E-state index contributed by atoms with van der Waals surface area (Å²) in [5.74, 6) is -1.23. The maximum atomic E-state index is 12.1. The van der Waals surface area contributed by atoms with Crippen LogP contribution < -0.4 is 5.43 Å². The molecule has 6 heteroatoms. The highest BCUT2D eigenvalue weighted by Crippen LogP contribution is 2.08. The van der Waals surface area contributed by atoms with E-state index in [1.165, 1.54) is 6.08 Å². The van der Waals surface area contributed by atoms with Crippen molar-refractivity contribution in [3.05, 3.63) is 41.5 Å². The molecular formula is C14H16N2O4. The normalized spacial score (nSPS) is 16.2. The van der Waals surface area contributed by atoms with Gasteiger partial charge in [0.15, 0.2) is 0 Å². The fourth-order valence-corrected chi connectivity index (χ4v) is 1.83. The minimum absolute atomic E-state index is 0.211. The first-order valence-corrected chi connectivity index (χ1v) is 6.30. The average molecular weight is 276 g/mol. The third-order valence-electron chi connectivity index (χ3n) is 2.84. The molecule has 106 valence electrons. The summed E-state index contributed by atoms with van der Waals surface area (Å²) < 4.78 is 5.20. The number of carboxylic acids is 1. The molecule has 0 saturated carbocycles. The lowest BCUT2D eigenvalue weighted by atomic mass is 10.1. The first kappa shape index (κ1) is 14.2. The Morgan fingerprint density at radius 1 is 1.30 bits per heavy atom. The van der Waals surface area contributed by atoms with Crippen LogP contribution in [0.5, 0.6) is 0 Å². The van der Waals surface area contributed by atoms with Crippen molar-refractivity contribution in [2.75, 3.05) is 26.3 Å². The van der Waals surface area contributed by atoms with Crippen LogP contribution in [0.25, 0.3) is 6.08 Å². The molecule has 0 spiro atoms. The second-order valence-corrected chi connectivity index (χ2v) is 4.34. The Balaban J connectivity index is 2.02. The SMILES string of the molecule is O=C(O)/C=C/c1cccc(C(=O)NN2CCOCC2)c1. The highest BCUT2D eigenvalue weighted by Gasteiger charge is 2.14. The van der Waals surface area contributed by atoms with Crippen molar-refractivity contribution in [2.45, 2.75) is 0 Å². The van der Waals surface area contributed by atoms with E-state index in [1.54, 1.807) is 24.3 Å². The van der Waals surface area contributed by atoms with Crippen LogP contribution in [0.1, 0.15) is 15.9 Å². The summed E-state index contributed by atoms with van der Waals surface area (Å²) in [6.07, 6.45) is 2.49. The number of nitrogens with one attached hydrogen (secondary N) is 1. The average Bonchev–Trinajstić information content (AvgIpc) is 2.46. The Kier molecular flexibility index (Phi) is 4.86. The molecule has 1 amide bonds. The number of ether oxygens (including phenoxy) is 1. The van der Waals surface area contributed by atoms with E-state index in [9.17, 15) is 9.59 Å². The summed E-state index contributed by atoms with van der Waals surface area (Å²) in [7, 11) is 0. The molecule has 1 fully saturated rings. The lowest BCUT2D eigenvalue weighted by Crippen LogP contribution is -2.48. The number of morpholine rings is 1. The van der Waals surface area contributed by atoms with E-state index in [-0.39, 0.29) is 5.91 Å². The fraction of sp³-hybridized carbons (Fsp3) is 0.286. The maximum Gasteiger partial charge on any atom is 0.328 e. The van der Waals surface area contributed by atoms with E-state index < -0.39 is 5.97 Å². The zero-order valence-corrected chi connectivity index (χ0v) is 10.9. The summed E-state index contributed by atoms with van der Waals surface area (Å²) in [4.78, 5) is 22.5. The zero-order chi connectivity index (χ0) is 14.4. The molecule has 2 N–H and O–H groups in total. The molecule has 2 rings (SSSR count). The molecular weight excluding hydrogens is 260 g/mol. The number of carbonyl (C=O) groups excluding carboxylic acids is 1. The van der Waals surface area contributed by atoms with Gasteiger partial charge in [-0.25, -0.2) is 9.80 Å². The summed E-state index contributed by atoms with van der Waals surface area (Å²) >= 11 is 0. The van der Waals surface area contributed by atoms with Crippen molar-refractivity contribution in [3.63, 3.8) is 0 Å². The largest absolute Gasteiger partial charge is 0.478 e. The van der Waals surface area contributed by atoms with Gasteiger partial charge in [0.25, 0.3) is 5.91 Å². The van der Waals surface area contributed by atoms with Gasteiger partial charge in [-0.15, -0.1) is 0 Å². The number of aliphatic carboxylic acids is 1. The number of hydrogen-bond acceptors (Lipinski definition) is 4. The molecule has 0 atom stereocenters. The number of carboxylic acid groups (broad SMARTS) is 1. The second-order valence-electron chi connectivity index (χ2n) is 4.34. The van der Waals surface area contributed by atoms with E-state index in [1.807, 2.05) is 5.01 Å². The van der Waals surface area contributed by atoms with Gasteiger partial charge in [0.1, 0.15) is 0 Å². The molecule has 0 radical (unpaired) electrons. The quantitative estimate of drug-likeness (QED) is 0.794. The Labute approximate surface area is 116 Å². The molecule has 1 aliphatic rings. The van der Waals surface area contributed by atoms with Crippen LogP contribution in [-0.4, -0.2) is 48.3 Å². The minimum Gasteiger partial charge on any atom is -0.478 e. The second kappa shape index (κ2) is 6.83. The molecule has 1 aromatic rings. The molecule has 1 aliphatic heterocycles. The van der Waals surface area contributed by atoms with Gasteiger partial charge in [0.05, 0.1) is 13.2 Å². The Hall–Kier alpha value is -2.18. The Morgan fingerprint density at radius 3 is 2.75 bits per heavy atom. The molecule has 1 heterocycles. The Morgan fingerprint density at radius 2 is 2.05 bits per heavy atom. The van der Waals surface area contributed by atoms with E-state index in [0.29, 0.717) is 37.4 Å². The number of benzene rings is 1. The van der Waals surface area contributed by atoms with Gasteiger partial charge < -0.3 is 9.84 Å². The van der Waals surface area contributed by atoms with Gasteiger partial charge >= 0.3 is 5.97 Å². The molecule has 0 bridgehead atoms. The van der Waals surface area contributed by atoms with Crippen LogP contribution >= 0.6 is 0 Å². The van der Waals surface area contributed by atoms with Crippen LogP contribution in [0, 0.1) is 0 Å². The molecule has 1 aromatic carbocycles. The third-order valence-corrected chi connectivity index (χ3v) is 2.84. The van der Waals surface area contributed by atoms with E-state index >= 15 is 0 Å². The first-order chi connectivity index (χ1) is 9.65. The van der Waals surface area contributed by atoms with Crippen LogP contribution in [0.4, 0.5) is 0 Å². The van der Waals surface area contributed by atoms with E-state index in [2.05, 4.69) is 5.43 Å².